The number of nitrogens with zero attached hydrogens (tertiary/aromatic N) is 1. The van der Waals surface area contributed by atoms with Gasteiger partial charge < -0.3 is 10.0 Å². The molecule has 2 atom stereocenters. The molecule has 0 unspecified atom stereocenters. The standard InChI is InChI=1S/C20H21NO3/c1-14-12-21(13-17(14)20(23)24)19(22)18(15-8-4-2-5-9-15)16-10-6-3-7-11-16/h2-11,14,17-18H,12-13H2,1H3,(H,23,24)/t14-,17-/m1/s1. The zero-order valence-corrected chi connectivity index (χ0v) is 13.6. The third-order valence-corrected chi connectivity index (χ3v) is 4.75. The number of benzene rings is 2. The highest BCUT2D eigenvalue weighted by Gasteiger charge is 2.39. The van der Waals surface area contributed by atoms with Gasteiger partial charge in [0.15, 0.2) is 0 Å². The zero-order valence-electron chi connectivity index (χ0n) is 13.6. The van der Waals surface area contributed by atoms with Gasteiger partial charge in [-0.15, -0.1) is 0 Å². The van der Waals surface area contributed by atoms with Gasteiger partial charge in [-0.05, 0) is 17.0 Å². The van der Waals surface area contributed by atoms with E-state index in [9.17, 15) is 14.7 Å². The second kappa shape index (κ2) is 6.87. The predicted molar refractivity (Wildman–Crippen MR) is 91.6 cm³/mol. The van der Waals surface area contributed by atoms with Crippen molar-refractivity contribution in [2.24, 2.45) is 11.8 Å². The smallest absolute Gasteiger partial charge is 0.308 e. The highest BCUT2D eigenvalue weighted by molar-refractivity contribution is 5.88. The number of rotatable bonds is 4. The monoisotopic (exact) mass is 323 g/mol. The molecule has 0 saturated carbocycles. The average molecular weight is 323 g/mol. The number of aliphatic carboxylic acids is 1. The van der Waals surface area contributed by atoms with E-state index in [0.29, 0.717) is 6.54 Å². The molecule has 1 aliphatic rings. The SMILES string of the molecule is C[C@@H]1CN(C(=O)C(c2ccccc2)c2ccccc2)C[C@H]1C(=O)O. The molecule has 3 rings (SSSR count). The van der Waals surface area contributed by atoms with Crippen molar-refractivity contribution in [2.75, 3.05) is 13.1 Å². The van der Waals surface area contributed by atoms with Crippen LogP contribution in [0, 0.1) is 11.8 Å². The first-order chi connectivity index (χ1) is 11.6. The van der Waals surface area contributed by atoms with E-state index in [4.69, 9.17) is 0 Å². The Bertz CT molecular complexity index is 675. The van der Waals surface area contributed by atoms with Crippen molar-refractivity contribution in [3.8, 4) is 0 Å². The van der Waals surface area contributed by atoms with Crippen molar-refractivity contribution < 1.29 is 14.7 Å². The number of carbonyl (C=O) groups is 2. The molecule has 24 heavy (non-hydrogen) atoms. The molecule has 1 heterocycles. The molecular weight excluding hydrogens is 302 g/mol. The molecule has 1 fully saturated rings. The molecule has 1 saturated heterocycles. The van der Waals surface area contributed by atoms with Crippen LogP contribution < -0.4 is 0 Å². The van der Waals surface area contributed by atoms with E-state index in [0.717, 1.165) is 11.1 Å². The number of likely N-dealkylation sites (tertiary alicyclic amines) is 1. The van der Waals surface area contributed by atoms with Gasteiger partial charge in [0.2, 0.25) is 5.91 Å². The molecule has 0 bridgehead atoms. The van der Waals surface area contributed by atoms with Crippen molar-refractivity contribution in [3.05, 3.63) is 71.8 Å². The van der Waals surface area contributed by atoms with Gasteiger partial charge >= 0.3 is 5.97 Å². The fourth-order valence-corrected chi connectivity index (χ4v) is 3.42. The molecule has 0 aromatic heterocycles. The lowest BCUT2D eigenvalue weighted by Crippen LogP contribution is -2.34. The second-order valence-corrected chi connectivity index (χ2v) is 6.42. The summed E-state index contributed by atoms with van der Waals surface area (Å²) < 4.78 is 0. The molecule has 0 aliphatic carbocycles. The maximum atomic E-state index is 13.2. The lowest BCUT2D eigenvalue weighted by Gasteiger charge is -2.24. The fourth-order valence-electron chi connectivity index (χ4n) is 3.42. The van der Waals surface area contributed by atoms with Crippen molar-refractivity contribution in [1.82, 2.24) is 4.90 Å². The zero-order chi connectivity index (χ0) is 17.1. The van der Waals surface area contributed by atoms with E-state index in [1.165, 1.54) is 0 Å². The van der Waals surface area contributed by atoms with Crippen LogP contribution in [0.1, 0.15) is 24.0 Å². The normalized spacial score (nSPS) is 20.3. The second-order valence-electron chi connectivity index (χ2n) is 6.42. The van der Waals surface area contributed by atoms with Gasteiger partial charge in [0.1, 0.15) is 0 Å². The van der Waals surface area contributed by atoms with Crippen LogP contribution in [0.15, 0.2) is 60.7 Å². The number of hydrogen-bond donors (Lipinski definition) is 1. The van der Waals surface area contributed by atoms with Crippen LogP contribution in [0.5, 0.6) is 0 Å². The molecule has 4 heteroatoms. The molecule has 1 N–H and O–H groups in total. The Morgan fingerprint density at radius 1 is 0.958 bits per heavy atom. The van der Waals surface area contributed by atoms with Crippen molar-refractivity contribution in [1.29, 1.82) is 0 Å². The molecule has 1 amide bonds. The molecule has 2 aromatic carbocycles. The van der Waals surface area contributed by atoms with Gasteiger partial charge in [0.05, 0.1) is 11.8 Å². The maximum Gasteiger partial charge on any atom is 0.308 e. The summed E-state index contributed by atoms with van der Waals surface area (Å²) in [5, 5.41) is 9.32. The first-order valence-electron chi connectivity index (χ1n) is 8.19. The third-order valence-electron chi connectivity index (χ3n) is 4.75. The van der Waals surface area contributed by atoms with Gasteiger partial charge in [-0.1, -0.05) is 67.6 Å². The van der Waals surface area contributed by atoms with Crippen molar-refractivity contribution in [2.45, 2.75) is 12.8 Å². The summed E-state index contributed by atoms with van der Waals surface area (Å²) in [6, 6.07) is 19.3. The van der Waals surface area contributed by atoms with E-state index < -0.39 is 17.8 Å². The summed E-state index contributed by atoms with van der Waals surface area (Å²) in [6.45, 7) is 2.67. The van der Waals surface area contributed by atoms with Crippen LogP contribution >= 0.6 is 0 Å². The Kier molecular flexibility index (Phi) is 4.65. The largest absolute Gasteiger partial charge is 0.481 e. The van der Waals surface area contributed by atoms with Crippen LogP contribution in [0.4, 0.5) is 0 Å². The van der Waals surface area contributed by atoms with Gasteiger partial charge in [0.25, 0.3) is 0 Å². The average Bonchev–Trinajstić information content (AvgIpc) is 2.99. The molecular formula is C20H21NO3. The van der Waals surface area contributed by atoms with Crippen LogP contribution in [-0.4, -0.2) is 35.0 Å². The Morgan fingerprint density at radius 2 is 1.46 bits per heavy atom. The third kappa shape index (κ3) is 3.18. The number of amides is 1. The molecule has 2 aromatic rings. The Morgan fingerprint density at radius 3 is 1.88 bits per heavy atom. The lowest BCUT2D eigenvalue weighted by molar-refractivity contribution is -0.142. The Labute approximate surface area is 141 Å². The maximum absolute atomic E-state index is 13.2. The first kappa shape index (κ1) is 16.2. The summed E-state index contributed by atoms with van der Waals surface area (Å²) in [4.78, 5) is 26.2. The minimum atomic E-state index is -0.825. The quantitative estimate of drug-likeness (QED) is 0.941. The summed E-state index contributed by atoms with van der Waals surface area (Å²) in [5.74, 6) is -1.76. The number of carbonyl (C=O) groups excluding carboxylic acids is 1. The van der Waals surface area contributed by atoms with Crippen LogP contribution in [0.2, 0.25) is 0 Å². The number of carboxylic acids is 1. The van der Waals surface area contributed by atoms with Gasteiger partial charge in [-0.2, -0.15) is 0 Å². The Hall–Kier alpha value is -2.62. The lowest BCUT2D eigenvalue weighted by atomic mass is 9.90. The summed E-state index contributed by atoms with van der Waals surface area (Å²) in [7, 11) is 0. The number of hydrogen-bond acceptors (Lipinski definition) is 2. The minimum Gasteiger partial charge on any atom is -0.481 e. The Balaban J connectivity index is 1.92. The summed E-state index contributed by atoms with van der Waals surface area (Å²) >= 11 is 0. The van der Waals surface area contributed by atoms with E-state index in [-0.39, 0.29) is 18.4 Å². The molecule has 0 radical (unpaired) electrons. The van der Waals surface area contributed by atoms with Crippen LogP contribution in [0.3, 0.4) is 0 Å². The van der Waals surface area contributed by atoms with Crippen molar-refractivity contribution in [3.63, 3.8) is 0 Å². The van der Waals surface area contributed by atoms with Gasteiger partial charge in [-0.3, -0.25) is 9.59 Å². The molecule has 4 nitrogen and oxygen atoms in total. The summed E-state index contributed by atoms with van der Waals surface area (Å²) in [5.41, 5.74) is 1.86. The molecule has 124 valence electrons. The topological polar surface area (TPSA) is 57.6 Å². The van der Waals surface area contributed by atoms with E-state index in [1.807, 2.05) is 67.6 Å². The van der Waals surface area contributed by atoms with E-state index in [1.54, 1.807) is 4.90 Å². The molecule has 0 spiro atoms. The molecule has 1 aliphatic heterocycles. The van der Waals surface area contributed by atoms with E-state index in [2.05, 4.69) is 0 Å². The van der Waals surface area contributed by atoms with Crippen molar-refractivity contribution >= 4 is 11.9 Å². The highest BCUT2D eigenvalue weighted by atomic mass is 16.4. The first-order valence-corrected chi connectivity index (χ1v) is 8.19. The van der Waals surface area contributed by atoms with Gasteiger partial charge in [-0.25, -0.2) is 0 Å². The number of carboxylic acid groups (broad SMARTS) is 1. The fraction of sp³-hybridized carbons (Fsp3) is 0.300. The highest BCUT2D eigenvalue weighted by Crippen LogP contribution is 2.31. The summed E-state index contributed by atoms with van der Waals surface area (Å²) in [6.07, 6.45) is 0. The minimum absolute atomic E-state index is 0.0250. The predicted octanol–water partition coefficient (Wildman–Crippen LogP) is 3.00. The van der Waals surface area contributed by atoms with Gasteiger partial charge in [0, 0.05) is 13.1 Å². The van der Waals surface area contributed by atoms with Crippen LogP contribution in [0.25, 0.3) is 0 Å². The van der Waals surface area contributed by atoms with E-state index >= 15 is 0 Å². The van der Waals surface area contributed by atoms with Crippen LogP contribution in [-0.2, 0) is 9.59 Å².